The molecule has 0 aromatic heterocycles. The third kappa shape index (κ3) is 5.88. The van der Waals surface area contributed by atoms with Crippen molar-refractivity contribution in [1.29, 1.82) is 0 Å². The molecule has 0 aromatic carbocycles. The topological polar surface area (TPSA) is 341 Å². The van der Waals surface area contributed by atoms with Gasteiger partial charge in [-0.1, -0.05) is 0 Å². The lowest BCUT2D eigenvalue weighted by Gasteiger charge is -2.51. The standard InChI is InChI=1S/C19H37N5O14/c20-6-9(28)12(4(1-25)34-15(6)32)36-16-7(21)10(29)13(5(2-26)35-16)37-17-8(22)11(30)14(31)19(3-27,38-17)24-18(23)33/h4-17,25-32H,1-3,20-22H2,(H3,23,24,33)/t4-,5-,6?,7?,8-,9?,10-,11-,12?,13?,14+,15?,16+,17-,19+/m1/s1. The molecule has 3 fully saturated rings. The van der Waals surface area contributed by atoms with E-state index in [1.807, 2.05) is 5.32 Å². The summed E-state index contributed by atoms with van der Waals surface area (Å²) < 4.78 is 27.5. The molecule has 38 heavy (non-hydrogen) atoms. The number of aliphatic hydroxyl groups excluding tert-OH is 8. The summed E-state index contributed by atoms with van der Waals surface area (Å²) in [7, 11) is 0. The lowest BCUT2D eigenvalue weighted by molar-refractivity contribution is -0.362. The van der Waals surface area contributed by atoms with Gasteiger partial charge < -0.3 is 92.8 Å². The van der Waals surface area contributed by atoms with Crippen LogP contribution in [0.5, 0.6) is 0 Å². The van der Waals surface area contributed by atoms with Gasteiger partial charge in [-0.05, 0) is 0 Å². The van der Waals surface area contributed by atoms with Crippen molar-refractivity contribution in [2.75, 3.05) is 19.8 Å². The maximum Gasteiger partial charge on any atom is 0.314 e. The Morgan fingerprint density at radius 2 is 1.29 bits per heavy atom. The van der Waals surface area contributed by atoms with E-state index in [0.717, 1.165) is 0 Å². The third-order valence-electron chi connectivity index (χ3n) is 6.81. The molecule has 3 rings (SSSR count). The van der Waals surface area contributed by atoms with Gasteiger partial charge in [0.25, 0.3) is 0 Å². The highest BCUT2D eigenvalue weighted by Crippen LogP contribution is 2.33. The highest BCUT2D eigenvalue weighted by atomic mass is 16.7. The molecule has 6 unspecified atom stereocenters. The number of carbonyl (C=O) groups excluding carboxylic acids is 1. The van der Waals surface area contributed by atoms with Gasteiger partial charge in [0.15, 0.2) is 24.6 Å². The van der Waals surface area contributed by atoms with Crippen molar-refractivity contribution >= 4 is 6.03 Å². The fourth-order valence-electron chi connectivity index (χ4n) is 4.56. The van der Waals surface area contributed by atoms with Gasteiger partial charge in [-0.3, -0.25) is 0 Å². The fourth-order valence-corrected chi connectivity index (χ4v) is 4.56. The Kier molecular flexibility index (Phi) is 10.2. The van der Waals surface area contributed by atoms with Crippen LogP contribution in [0, 0.1) is 0 Å². The van der Waals surface area contributed by atoms with E-state index in [4.69, 9.17) is 46.6 Å². The van der Waals surface area contributed by atoms with Crippen molar-refractivity contribution in [3.8, 4) is 0 Å². The second kappa shape index (κ2) is 12.4. The Hall–Kier alpha value is -1.37. The molecule has 15 atom stereocenters. The van der Waals surface area contributed by atoms with Crippen molar-refractivity contribution in [1.82, 2.24) is 5.32 Å². The Morgan fingerprint density at radius 3 is 1.82 bits per heavy atom. The van der Waals surface area contributed by atoms with E-state index >= 15 is 0 Å². The number of rotatable bonds is 8. The molecular weight excluding hydrogens is 522 g/mol. The molecule has 3 aliphatic heterocycles. The van der Waals surface area contributed by atoms with E-state index in [0.29, 0.717) is 0 Å². The molecule has 3 heterocycles. The van der Waals surface area contributed by atoms with Crippen LogP contribution >= 0.6 is 0 Å². The molecule has 0 bridgehead atoms. The molecule has 2 amide bonds. The number of nitrogens with one attached hydrogen (secondary N) is 1. The zero-order valence-corrected chi connectivity index (χ0v) is 20.0. The molecule has 0 spiro atoms. The van der Waals surface area contributed by atoms with E-state index < -0.39 is 117 Å². The average Bonchev–Trinajstić information content (AvgIpc) is 2.89. The van der Waals surface area contributed by atoms with Gasteiger partial charge >= 0.3 is 6.03 Å². The summed E-state index contributed by atoms with van der Waals surface area (Å²) in [5, 5.41) is 83.1. The number of carbonyl (C=O) groups is 1. The van der Waals surface area contributed by atoms with Gasteiger partial charge in [-0.2, -0.15) is 0 Å². The van der Waals surface area contributed by atoms with Crippen LogP contribution in [0.1, 0.15) is 0 Å². The van der Waals surface area contributed by atoms with Gasteiger partial charge in [-0.15, -0.1) is 0 Å². The molecule has 19 nitrogen and oxygen atoms in total. The number of ether oxygens (including phenoxy) is 5. The normalized spacial score (nSPS) is 50.0. The minimum absolute atomic E-state index is 0.692. The number of hydrogen-bond acceptors (Lipinski definition) is 17. The van der Waals surface area contributed by atoms with Crippen molar-refractivity contribution in [3.05, 3.63) is 0 Å². The third-order valence-corrected chi connectivity index (χ3v) is 6.81. The lowest BCUT2D eigenvalue weighted by Crippen LogP contribution is -2.75. The van der Waals surface area contributed by atoms with Crippen LogP contribution in [0.4, 0.5) is 4.79 Å². The highest BCUT2D eigenvalue weighted by molar-refractivity contribution is 5.72. The summed E-state index contributed by atoms with van der Waals surface area (Å²) in [5.41, 5.74) is 20.4. The second-order valence-corrected chi connectivity index (χ2v) is 9.35. The first-order chi connectivity index (χ1) is 17.8. The summed E-state index contributed by atoms with van der Waals surface area (Å²) in [6, 6.07) is -5.47. The summed E-state index contributed by atoms with van der Waals surface area (Å²) >= 11 is 0. The zero-order valence-electron chi connectivity index (χ0n) is 20.0. The van der Waals surface area contributed by atoms with E-state index in [-0.39, 0.29) is 0 Å². The van der Waals surface area contributed by atoms with E-state index in [1.54, 1.807) is 0 Å². The molecule has 0 aliphatic carbocycles. The number of aliphatic hydroxyl groups is 8. The monoisotopic (exact) mass is 559 g/mol. The number of hydrogen-bond donors (Lipinski definition) is 13. The maximum atomic E-state index is 11.4. The first-order valence-electron chi connectivity index (χ1n) is 11.7. The molecule has 19 heteroatoms. The Balaban J connectivity index is 1.78. The van der Waals surface area contributed by atoms with E-state index in [1.165, 1.54) is 0 Å². The maximum absolute atomic E-state index is 11.4. The number of urea groups is 1. The molecular formula is C19H37N5O14. The molecule has 222 valence electrons. The number of amides is 2. The van der Waals surface area contributed by atoms with Crippen LogP contribution in [0.2, 0.25) is 0 Å². The second-order valence-electron chi connectivity index (χ2n) is 9.35. The van der Waals surface area contributed by atoms with Crippen LogP contribution < -0.4 is 28.3 Å². The zero-order chi connectivity index (χ0) is 28.5. The van der Waals surface area contributed by atoms with Gasteiger partial charge in [-0.25, -0.2) is 4.79 Å². The van der Waals surface area contributed by atoms with E-state index in [2.05, 4.69) is 0 Å². The van der Waals surface area contributed by atoms with Crippen molar-refractivity contribution < 1.29 is 69.3 Å². The lowest BCUT2D eigenvalue weighted by atomic mass is 9.92. The fraction of sp³-hybridized carbons (Fsp3) is 0.947. The molecule has 0 saturated carbocycles. The Bertz CT molecular complexity index is 799. The van der Waals surface area contributed by atoms with Gasteiger partial charge in [0.2, 0.25) is 0 Å². The summed E-state index contributed by atoms with van der Waals surface area (Å²) in [6.07, 6.45) is -17.4. The SMILES string of the molecule is NC(=O)N[C@@]1(CO)O[C@@H](OC2[C@H](O)C(N)[C@H](OC3C(O)C(N)C(O)O[C@@H]3CO)O[C@@H]2CO)[C@H](N)[C@@H](O)[C@@H]1O. The minimum Gasteiger partial charge on any atom is -0.394 e. The number of primary amides is 1. The summed E-state index contributed by atoms with van der Waals surface area (Å²) in [5.74, 6) is 0. The highest BCUT2D eigenvalue weighted by Gasteiger charge is 2.56. The van der Waals surface area contributed by atoms with Crippen LogP contribution in [0.15, 0.2) is 0 Å². The van der Waals surface area contributed by atoms with Gasteiger partial charge in [0.05, 0.1) is 37.9 Å². The molecule has 3 saturated heterocycles. The number of nitrogens with two attached hydrogens (primary N) is 4. The first-order valence-corrected chi connectivity index (χ1v) is 11.7. The van der Waals surface area contributed by atoms with Crippen molar-refractivity contribution in [2.24, 2.45) is 22.9 Å². The summed E-state index contributed by atoms with van der Waals surface area (Å²) in [6.45, 7) is -2.56. The first kappa shape index (κ1) is 31.2. The minimum atomic E-state index is -2.34. The molecule has 0 aromatic rings. The molecule has 17 N–H and O–H groups in total. The van der Waals surface area contributed by atoms with Crippen molar-refractivity contribution in [2.45, 2.75) is 91.6 Å². The van der Waals surface area contributed by atoms with Gasteiger partial charge in [0.1, 0.15) is 48.8 Å². The predicted octanol–water partition coefficient (Wildman–Crippen LogP) is -8.68. The van der Waals surface area contributed by atoms with Crippen molar-refractivity contribution in [3.63, 3.8) is 0 Å². The van der Waals surface area contributed by atoms with Crippen LogP contribution in [0.3, 0.4) is 0 Å². The predicted molar refractivity (Wildman–Crippen MR) is 119 cm³/mol. The largest absolute Gasteiger partial charge is 0.394 e. The smallest absolute Gasteiger partial charge is 0.314 e. The van der Waals surface area contributed by atoms with Gasteiger partial charge in [0, 0.05) is 0 Å². The molecule has 0 radical (unpaired) electrons. The molecule has 3 aliphatic rings. The van der Waals surface area contributed by atoms with Crippen LogP contribution in [-0.4, -0.2) is 158 Å². The van der Waals surface area contributed by atoms with Crippen LogP contribution in [-0.2, 0) is 23.7 Å². The van der Waals surface area contributed by atoms with E-state index in [9.17, 15) is 45.6 Å². The Labute approximate surface area is 215 Å². The van der Waals surface area contributed by atoms with Crippen LogP contribution in [0.25, 0.3) is 0 Å². The quantitative estimate of drug-likeness (QED) is 0.131. The Morgan fingerprint density at radius 1 is 0.789 bits per heavy atom. The average molecular weight is 560 g/mol. The summed E-state index contributed by atoms with van der Waals surface area (Å²) in [4.78, 5) is 11.4.